The van der Waals surface area contributed by atoms with E-state index < -0.39 is 0 Å². The standard InChI is InChI=1S/C19H19ClO3/c1-3-22-19(21)11-9-15-8-10-18(17(20)12-15)23-13-16-6-4-14(2)5-7-16/h4-12H,3,13H2,1-2H3/b11-9+. The van der Waals surface area contributed by atoms with E-state index >= 15 is 0 Å². The van der Waals surface area contributed by atoms with Gasteiger partial charge in [0, 0.05) is 6.08 Å². The summed E-state index contributed by atoms with van der Waals surface area (Å²) in [6.45, 7) is 4.63. The molecule has 120 valence electrons. The number of benzene rings is 2. The fraction of sp³-hybridized carbons (Fsp3) is 0.211. The molecule has 2 aromatic carbocycles. The Labute approximate surface area is 141 Å². The maximum absolute atomic E-state index is 11.3. The van der Waals surface area contributed by atoms with Crippen molar-refractivity contribution in [3.8, 4) is 5.75 Å². The molecule has 0 heterocycles. The minimum Gasteiger partial charge on any atom is -0.487 e. The molecule has 0 aliphatic heterocycles. The molecule has 0 bridgehead atoms. The summed E-state index contributed by atoms with van der Waals surface area (Å²) in [6.07, 6.45) is 3.04. The molecular weight excluding hydrogens is 312 g/mol. The van der Waals surface area contributed by atoms with Crippen LogP contribution >= 0.6 is 11.6 Å². The Hall–Kier alpha value is -2.26. The van der Waals surface area contributed by atoms with Crippen LogP contribution in [0.3, 0.4) is 0 Å². The molecule has 0 unspecified atom stereocenters. The first-order valence-electron chi connectivity index (χ1n) is 7.41. The van der Waals surface area contributed by atoms with Gasteiger partial charge in [-0.1, -0.05) is 47.5 Å². The van der Waals surface area contributed by atoms with E-state index in [-0.39, 0.29) is 5.97 Å². The molecule has 0 aliphatic carbocycles. The molecular formula is C19H19ClO3. The first-order chi connectivity index (χ1) is 11.1. The van der Waals surface area contributed by atoms with Crippen molar-refractivity contribution in [3.05, 3.63) is 70.3 Å². The molecule has 0 radical (unpaired) electrons. The van der Waals surface area contributed by atoms with Crippen molar-refractivity contribution < 1.29 is 14.3 Å². The summed E-state index contributed by atoms with van der Waals surface area (Å²) >= 11 is 6.22. The second-order valence-corrected chi connectivity index (χ2v) is 5.46. The summed E-state index contributed by atoms with van der Waals surface area (Å²) in [5.41, 5.74) is 3.10. The molecule has 0 amide bonds. The summed E-state index contributed by atoms with van der Waals surface area (Å²) in [5.74, 6) is 0.240. The van der Waals surface area contributed by atoms with Gasteiger partial charge >= 0.3 is 5.97 Å². The lowest BCUT2D eigenvalue weighted by Crippen LogP contribution is -1.98. The zero-order valence-corrected chi connectivity index (χ0v) is 14.0. The van der Waals surface area contributed by atoms with E-state index in [0.29, 0.717) is 24.0 Å². The van der Waals surface area contributed by atoms with Crippen molar-refractivity contribution in [2.75, 3.05) is 6.61 Å². The van der Waals surface area contributed by atoms with Crippen molar-refractivity contribution in [3.63, 3.8) is 0 Å². The molecule has 4 heteroatoms. The number of carbonyl (C=O) groups excluding carboxylic acids is 1. The van der Waals surface area contributed by atoms with Crippen LogP contribution in [0.1, 0.15) is 23.6 Å². The van der Waals surface area contributed by atoms with Gasteiger partial charge in [0.25, 0.3) is 0 Å². The average Bonchev–Trinajstić information content (AvgIpc) is 2.54. The average molecular weight is 331 g/mol. The molecule has 0 aromatic heterocycles. The zero-order chi connectivity index (χ0) is 16.7. The van der Waals surface area contributed by atoms with E-state index in [1.165, 1.54) is 11.6 Å². The molecule has 2 aromatic rings. The lowest BCUT2D eigenvalue weighted by molar-refractivity contribution is -0.137. The number of halogens is 1. The van der Waals surface area contributed by atoms with E-state index in [0.717, 1.165) is 11.1 Å². The summed E-state index contributed by atoms with van der Waals surface area (Å²) in [6, 6.07) is 13.5. The molecule has 0 fully saturated rings. The van der Waals surface area contributed by atoms with E-state index in [1.54, 1.807) is 25.1 Å². The maximum Gasteiger partial charge on any atom is 0.330 e. The van der Waals surface area contributed by atoms with Gasteiger partial charge in [-0.25, -0.2) is 4.79 Å². The zero-order valence-electron chi connectivity index (χ0n) is 13.2. The number of carbonyl (C=O) groups is 1. The molecule has 0 N–H and O–H groups in total. The first-order valence-corrected chi connectivity index (χ1v) is 7.79. The predicted molar refractivity (Wildman–Crippen MR) is 92.6 cm³/mol. The van der Waals surface area contributed by atoms with Gasteiger partial charge in [0.15, 0.2) is 0 Å². The van der Waals surface area contributed by atoms with Crippen molar-refractivity contribution in [2.45, 2.75) is 20.5 Å². The smallest absolute Gasteiger partial charge is 0.330 e. The van der Waals surface area contributed by atoms with Gasteiger partial charge in [-0.05, 0) is 43.2 Å². The molecule has 0 aliphatic rings. The van der Waals surface area contributed by atoms with Gasteiger partial charge in [0.1, 0.15) is 12.4 Å². The van der Waals surface area contributed by atoms with Crippen LogP contribution in [-0.2, 0) is 16.1 Å². The van der Waals surface area contributed by atoms with Crippen LogP contribution in [0.5, 0.6) is 5.75 Å². The van der Waals surface area contributed by atoms with E-state index in [1.807, 2.05) is 37.3 Å². The normalized spacial score (nSPS) is 10.7. The Bertz CT molecular complexity index is 690. The molecule has 23 heavy (non-hydrogen) atoms. The third kappa shape index (κ3) is 5.46. The molecule has 0 saturated carbocycles. The van der Waals surface area contributed by atoms with Gasteiger partial charge in [-0.2, -0.15) is 0 Å². The second kappa shape index (κ2) is 8.39. The minimum absolute atomic E-state index is 0.357. The molecule has 0 saturated heterocycles. The highest BCUT2D eigenvalue weighted by Crippen LogP contribution is 2.26. The maximum atomic E-state index is 11.3. The first kappa shape index (κ1) is 17.1. The topological polar surface area (TPSA) is 35.5 Å². The summed E-state index contributed by atoms with van der Waals surface area (Å²) in [4.78, 5) is 11.3. The number of hydrogen-bond donors (Lipinski definition) is 0. The Balaban J connectivity index is 1.99. The largest absolute Gasteiger partial charge is 0.487 e. The number of rotatable bonds is 6. The fourth-order valence-electron chi connectivity index (χ4n) is 1.94. The number of ether oxygens (including phenoxy) is 2. The second-order valence-electron chi connectivity index (χ2n) is 5.05. The highest BCUT2D eigenvalue weighted by atomic mass is 35.5. The Kier molecular flexibility index (Phi) is 6.24. The highest BCUT2D eigenvalue weighted by Gasteiger charge is 2.03. The van der Waals surface area contributed by atoms with Gasteiger partial charge in [0.05, 0.1) is 11.6 Å². The Morgan fingerprint density at radius 2 is 1.91 bits per heavy atom. The number of hydrogen-bond acceptors (Lipinski definition) is 3. The third-order valence-corrected chi connectivity index (χ3v) is 3.46. The van der Waals surface area contributed by atoms with Crippen LogP contribution in [0.25, 0.3) is 6.08 Å². The van der Waals surface area contributed by atoms with Gasteiger partial charge in [-0.15, -0.1) is 0 Å². The van der Waals surface area contributed by atoms with Crippen LogP contribution < -0.4 is 4.74 Å². The summed E-state index contributed by atoms with van der Waals surface area (Å²) in [7, 11) is 0. The van der Waals surface area contributed by atoms with E-state index in [4.69, 9.17) is 21.1 Å². The summed E-state index contributed by atoms with van der Waals surface area (Å²) in [5, 5.41) is 0.503. The van der Waals surface area contributed by atoms with Gasteiger partial charge in [0.2, 0.25) is 0 Å². The van der Waals surface area contributed by atoms with Gasteiger partial charge in [-0.3, -0.25) is 0 Å². The number of esters is 1. The van der Waals surface area contributed by atoms with Crippen molar-refractivity contribution in [2.24, 2.45) is 0 Å². The predicted octanol–water partition coefficient (Wildman–Crippen LogP) is 4.80. The van der Waals surface area contributed by atoms with Crippen molar-refractivity contribution in [1.29, 1.82) is 0 Å². The van der Waals surface area contributed by atoms with Crippen LogP contribution in [0.2, 0.25) is 5.02 Å². The minimum atomic E-state index is -0.372. The van der Waals surface area contributed by atoms with E-state index in [2.05, 4.69) is 0 Å². The SMILES string of the molecule is CCOC(=O)/C=C/c1ccc(OCc2ccc(C)cc2)c(Cl)c1. The monoisotopic (exact) mass is 330 g/mol. The van der Waals surface area contributed by atoms with Crippen molar-refractivity contribution >= 4 is 23.6 Å². The fourth-order valence-corrected chi connectivity index (χ4v) is 2.18. The van der Waals surface area contributed by atoms with Crippen LogP contribution in [0.4, 0.5) is 0 Å². The van der Waals surface area contributed by atoms with Crippen LogP contribution in [-0.4, -0.2) is 12.6 Å². The van der Waals surface area contributed by atoms with Crippen LogP contribution in [0, 0.1) is 6.92 Å². The Morgan fingerprint density at radius 3 is 2.57 bits per heavy atom. The lowest BCUT2D eigenvalue weighted by atomic mass is 10.1. The number of aryl methyl sites for hydroxylation is 1. The molecule has 0 atom stereocenters. The summed E-state index contributed by atoms with van der Waals surface area (Å²) < 4.78 is 10.6. The van der Waals surface area contributed by atoms with E-state index in [9.17, 15) is 4.79 Å². The van der Waals surface area contributed by atoms with Crippen molar-refractivity contribution in [1.82, 2.24) is 0 Å². The molecule has 0 spiro atoms. The highest BCUT2D eigenvalue weighted by molar-refractivity contribution is 6.32. The quantitative estimate of drug-likeness (QED) is 0.563. The molecule has 2 rings (SSSR count). The van der Waals surface area contributed by atoms with Gasteiger partial charge < -0.3 is 9.47 Å². The lowest BCUT2D eigenvalue weighted by Gasteiger charge is -2.09. The van der Waals surface area contributed by atoms with Crippen LogP contribution in [0.15, 0.2) is 48.5 Å². The molecule has 3 nitrogen and oxygen atoms in total. The third-order valence-electron chi connectivity index (χ3n) is 3.17. The Morgan fingerprint density at radius 1 is 1.17 bits per heavy atom.